The summed E-state index contributed by atoms with van der Waals surface area (Å²) in [5.41, 5.74) is 2.41. The molecule has 2 aliphatic heterocycles. The number of nitrogens with zero attached hydrogens (tertiary/aromatic N) is 4. The van der Waals surface area contributed by atoms with Gasteiger partial charge in [-0.05, 0) is 31.2 Å². The molecule has 3 aromatic rings. The molecule has 1 fully saturated rings. The Morgan fingerprint density at radius 1 is 1.24 bits per heavy atom. The number of Topliss-reactive ketones (excluding diaryl/α,β-unsaturated/α-hetero) is 1. The number of aryl methyl sites for hydroxylation is 1. The second kappa shape index (κ2) is 4.77. The number of rotatable bonds is 1. The van der Waals surface area contributed by atoms with Crippen molar-refractivity contribution in [2.75, 3.05) is 11.4 Å². The van der Waals surface area contributed by atoms with E-state index in [0.717, 1.165) is 16.8 Å². The summed E-state index contributed by atoms with van der Waals surface area (Å²) in [6.45, 7) is 2.46. The molecular weight excluding hydrogens is 316 g/mol. The Morgan fingerprint density at radius 2 is 2.12 bits per heavy atom. The largest absolute Gasteiger partial charge is 0.374 e. The minimum absolute atomic E-state index is 0.262. The van der Waals surface area contributed by atoms with E-state index in [-0.39, 0.29) is 5.78 Å². The van der Waals surface area contributed by atoms with Crippen LogP contribution in [-0.2, 0) is 0 Å². The minimum atomic E-state index is -1.55. The van der Waals surface area contributed by atoms with Crippen LogP contribution >= 0.6 is 0 Å². The van der Waals surface area contributed by atoms with Gasteiger partial charge in [-0.15, -0.1) is 0 Å². The fourth-order valence-corrected chi connectivity index (χ4v) is 3.67. The lowest BCUT2D eigenvalue weighted by atomic mass is 9.87. The van der Waals surface area contributed by atoms with E-state index in [0.29, 0.717) is 30.1 Å². The first-order valence-corrected chi connectivity index (χ1v) is 8.22. The van der Waals surface area contributed by atoms with Crippen LogP contribution in [0.4, 0.5) is 11.4 Å². The normalized spacial score (nSPS) is 22.1. The molecule has 1 saturated heterocycles. The number of aliphatic imine (C=N–C) groups is 1. The first kappa shape index (κ1) is 14.4. The van der Waals surface area contributed by atoms with Gasteiger partial charge in [0.1, 0.15) is 5.84 Å². The van der Waals surface area contributed by atoms with E-state index in [1.54, 1.807) is 18.6 Å². The standard InChI is InChI=1S/C19H16N4O2/c1-12-2-5-16-15(8-12)17(24)19(25)6-7-23(18(19)21-16)14-4-3-13-9-20-11-22(13)10-14/h2-5,8-11,25H,6-7H2,1H3/t19-/m1/s1. The SMILES string of the molecule is Cc1ccc2c(c1)C(=O)[C@]1(O)CCN(c3ccc4cncn4c3)C1=N2. The number of ketones is 1. The second-order valence-corrected chi connectivity index (χ2v) is 6.66. The van der Waals surface area contributed by atoms with Crippen molar-refractivity contribution in [3.8, 4) is 0 Å². The maximum absolute atomic E-state index is 12.9. The fraction of sp³-hybridized carbons (Fsp3) is 0.211. The van der Waals surface area contributed by atoms with Crippen LogP contribution in [0.2, 0.25) is 0 Å². The van der Waals surface area contributed by atoms with Crippen molar-refractivity contribution in [1.29, 1.82) is 0 Å². The van der Waals surface area contributed by atoms with Crippen LogP contribution in [0.3, 0.4) is 0 Å². The number of fused-ring (bicyclic) bond motifs is 3. The Balaban J connectivity index is 1.67. The van der Waals surface area contributed by atoms with Gasteiger partial charge in [-0.1, -0.05) is 11.6 Å². The zero-order valence-corrected chi connectivity index (χ0v) is 13.7. The molecule has 0 unspecified atom stereocenters. The van der Waals surface area contributed by atoms with Crippen LogP contribution in [0, 0.1) is 6.92 Å². The third-order valence-electron chi connectivity index (χ3n) is 5.03. The highest BCUT2D eigenvalue weighted by molar-refractivity contribution is 6.28. The molecule has 1 N–H and O–H groups in total. The van der Waals surface area contributed by atoms with Gasteiger partial charge >= 0.3 is 0 Å². The smallest absolute Gasteiger partial charge is 0.204 e. The first-order valence-electron chi connectivity index (χ1n) is 8.22. The Kier molecular flexibility index (Phi) is 2.74. The number of carbonyl (C=O) groups excluding carboxylic acids is 1. The average Bonchev–Trinajstić information content (AvgIpc) is 3.20. The van der Waals surface area contributed by atoms with Crippen LogP contribution in [0.25, 0.3) is 5.52 Å². The van der Waals surface area contributed by atoms with Gasteiger partial charge < -0.3 is 14.4 Å². The maximum atomic E-state index is 12.9. The summed E-state index contributed by atoms with van der Waals surface area (Å²) in [7, 11) is 0. The average molecular weight is 332 g/mol. The Morgan fingerprint density at radius 3 is 3.00 bits per heavy atom. The van der Waals surface area contributed by atoms with E-state index in [1.807, 2.05) is 46.7 Å². The molecule has 6 heteroatoms. The highest BCUT2D eigenvalue weighted by atomic mass is 16.3. The lowest BCUT2D eigenvalue weighted by Gasteiger charge is -2.29. The first-order chi connectivity index (χ1) is 12.1. The van der Waals surface area contributed by atoms with Gasteiger partial charge in [-0.2, -0.15) is 0 Å². The molecule has 0 radical (unpaired) electrons. The van der Waals surface area contributed by atoms with Crippen molar-refractivity contribution in [3.63, 3.8) is 0 Å². The van der Waals surface area contributed by atoms with E-state index in [4.69, 9.17) is 0 Å². The summed E-state index contributed by atoms with van der Waals surface area (Å²) < 4.78 is 1.91. The summed E-state index contributed by atoms with van der Waals surface area (Å²) in [6.07, 6.45) is 5.78. The number of hydrogen-bond acceptors (Lipinski definition) is 5. The molecular formula is C19H16N4O2. The summed E-state index contributed by atoms with van der Waals surface area (Å²) in [5, 5.41) is 11.1. The zero-order valence-electron chi connectivity index (χ0n) is 13.7. The number of imidazole rings is 1. The second-order valence-electron chi connectivity index (χ2n) is 6.66. The molecule has 4 heterocycles. The van der Waals surface area contributed by atoms with Gasteiger partial charge in [-0.25, -0.2) is 9.98 Å². The number of aromatic nitrogens is 2. The molecule has 124 valence electrons. The number of benzene rings is 1. The van der Waals surface area contributed by atoms with E-state index in [1.165, 1.54) is 0 Å². The van der Waals surface area contributed by atoms with Crippen molar-refractivity contribution in [2.24, 2.45) is 4.99 Å². The minimum Gasteiger partial charge on any atom is -0.374 e. The summed E-state index contributed by atoms with van der Waals surface area (Å²) >= 11 is 0. The van der Waals surface area contributed by atoms with Crippen LogP contribution in [0.1, 0.15) is 22.3 Å². The molecule has 0 aliphatic carbocycles. The summed E-state index contributed by atoms with van der Waals surface area (Å²) in [4.78, 5) is 23.6. The van der Waals surface area contributed by atoms with E-state index in [2.05, 4.69) is 9.98 Å². The van der Waals surface area contributed by atoms with Crippen molar-refractivity contribution < 1.29 is 9.90 Å². The lowest BCUT2D eigenvalue weighted by Crippen LogP contribution is -2.48. The lowest BCUT2D eigenvalue weighted by molar-refractivity contribution is 0.0602. The van der Waals surface area contributed by atoms with Crippen LogP contribution < -0.4 is 4.90 Å². The highest BCUT2D eigenvalue weighted by Gasteiger charge is 2.52. The number of pyridine rings is 1. The molecule has 6 nitrogen and oxygen atoms in total. The third kappa shape index (κ3) is 1.91. The molecule has 2 aromatic heterocycles. The van der Waals surface area contributed by atoms with E-state index in [9.17, 15) is 9.90 Å². The highest BCUT2D eigenvalue weighted by Crippen LogP contribution is 2.39. The van der Waals surface area contributed by atoms with Gasteiger partial charge in [0, 0.05) is 24.7 Å². The van der Waals surface area contributed by atoms with Gasteiger partial charge in [0.2, 0.25) is 5.78 Å². The Hall–Kier alpha value is -2.99. The predicted molar refractivity (Wildman–Crippen MR) is 94.7 cm³/mol. The Labute approximate surface area is 144 Å². The topological polar surface area (TPSA) is 70.2 Å². The monoisotopic (exact) mass is 332 g/mol. The van der Waals surface area contributed by atoms with E-state index < -0.39 is 5.60 Å². The molecule has 0 spiro atoms. The van der Waals surface area contributed by atoms with Crippen molar-refractivity contribution in [1.82, 2.24) is 9.38 Å². The molecule has 0 amide bonds. The zero-order chi connectivity index (χ0) is 17.2. The van der Waals surface area contributed by atoms with Gasteiger partial charge in [0.25, 0.3) is 0 Å². The number of hydrogen-bond donors (Lipinski definition) is 1. The van der Waals surface area contributed by atoms with Gasteiger partial charge in [-0.3, -0.25) is 4.79 Å². The van der Waals surface area contributed by atoms with Gasteiger partial charge in [0.15, 0.2) is 5.60 Å². The van der Waals surface area contributed by atoms with Crippen molar-refractivity contribution in [2.45, 2.75) is 18.9 Å². The Bertz CT molecular complexity index is 1070. The van der Waals surface area contributed by atoms with E-state index >= 15 is 0 Å². The maximum Gasteiger partial charge on any atom is 0.204 e. The number of aliphatic hydroxyl groups is 1. The quantitative estimate of drug-likeness (QED) is 0.743. The fourth-order valence-electron chi connectivity index (χ4n) is 3.67. The van der Waals surface area contributed by atoms with Crippen molar-refractivity contribution >= 4 is 28.5 Å². The number of anilines is 1. The molecule has 1 aromatic carbocycles. The van der Waals surface area contributed by atoms with Gasteiger partial charge in [0.05, 0.1) is 29.4 Å². The van der Waals surface area contributed by atoms with Crippen LogP contribution in [0.5, 0.6) is 0 Å². The predicted octanol–water partition coefficient (Wildman–Crippen LogP) is 2.51. The third-order valence-corrected chi connectivity index (χ3v) is 5.03. The van der Waals surface area contributed by atoms with Crippen molar-refractivity contribution in [3.05, 3.63) is 60.2 Å². The summed E-state index contributed by atoms with van der Waals surface area (Å²) in [5.74, 6) is 0.149. The number of carbonyl (C=O) groups is 1. The molecule has 25 heavy (non-hydrogen) atoms. The summed E-state index contributed by atoms with van der Waals surface area (Å²) in [6, 6.07) is 9.49. The van der Waals surface area contributed by atoms with Crippen LogP contribution in [-0.4, -0.2) is 38.3 Å². The molecule has 2 aliphatic rings. The van der Waals surface area contributed by atoms with Crippen LogP contribution in [0.15, 0.2) is 54.0 Å². The molecule has 0 bridgehead atoms. The molecule has 0 saturated carbocycles. The number of amidine groups is 1. The molecule has 1 atom stereocenters. The molecule has 5 rings (SSSR count).